The highest BCUT2D eigenvalue weighted by Crippen LogP contribution is 2.47. The molecular weight excluding hydrogens is 538 g/mol. The van der Waals surface area contributed by atoms with Gasteiger partial charge in [0.15, 0.2) is 23.0 Å². The maximum atomic E-state index is 13.3. The molecule has 0 amide bonds. The molecule has 3 aromatic carbocycles. The first-order chi connectivity index (χ1) is 18.0. The van der Waals surface area contributed by atoms with Crippen molar-refractivity contribution in [3.63, 3.8) is 0 Å². The number of rotatable bonds is 6. The molecule has 0 saturated heterocycles. The van der Waals surface area contributed by atoms with Crippen molar-refractivity contribution in [2.45, 2.75) is 19.6 Å². The second kappa shape index (κ2) is 9.19. The van der Waals surface area contributed by atoms with E-state index >= 15 is 0 Å². The number of ether oxygens (including phenoxy) is 4. The predicted molar refractivity (Wildman–Crippen MR) is 145 cm³/mol. The van der Waals surface area contributed by atoms with E-state index in [2.05, 4.69) is 15.9 Å². The molecule has 0 fully saturated rings. The van der Waals surface area contributed by atoms with E-state index in [0.29, 0.717) is 47.2 Å². The molecule has 0 radical (unpaired) electrons. The normalized spacial score (nSPS) is 12.3. The van der Waals surface area contributed by atoms with E-state index in [1.165, 1.54) is 0 Å². The molecule has 0 N–H and O–H groups in total. The maximum Gasteiger partial charge on any atom is 0.361 e. The third-order valence-electron chi connectivity index (χ3n) is 6.84. The molecule has 6 rings (SSSR count). The van der Waals surface area contributed by atoms with Crippen molar-refractivity contribution in [2.75, 3.05) is 21.3 Å². The Morgan fingerprint density at radius 3 is 2.35 bits per heavy atom. The Kier molecular flexibility index (Phi) is 5.83. The SMILES string of the molecule is COc1cc2c(cc1OC)-c1c(Br)c3c4cc(OC)c(OCc5ccccc5)cc4oc(=O)c3n1CC2. The molecule has 1 aliphatic rings. The van der Waals surface area contributed by atoms with Crippen LogP contribution < -0.4 is 24.6 Å². The number of hydrogen-bond donors (Lipinski definition) is 0. The van der Waals surface area contributed by atoms with Gasteiger partial charge in [0, 0.05) is 28.9 Å². The standard InChI is InChI=1S/C29H24BrNO6/c1-33-21-11-17-9-10-31-27(18(17)12-22(21)34-2)26(30)25-19-13-23(35-3)24(14-20(19)37-29(32)28(25)31)36-15-16-7-5-4-6-8-16/h4-8,11-14H,9-10,15H2,1-3H3. The van der Waals surface area contributed by atoms with Gasteiger partial charge in [0.25, 0.3) is 0 Å². The summed E-state index contributed by atoms with van der Waals surface area (Å²) < 4.78 is 31.5. The number of aryl methyl sites for hydroxylation is 2. The number of hydrogen-bond acceptors (Lipinski definition) is 6. The molecule has 3 heterocycles. The first kappa shape index (κ1) is 23.5. The quantitative estimate of drug-likeness (QED) is 0.225. The minimum Gasteiger partial charge on any atom is -0.493 e. The predicted octanol–water partition coefficient (Wildman–Crippen LogP) is 6.34. The van der Waals surface area contributed by atoms with E-state index in [1.807, 2.05) is 53.1 Å². The summed E-state index contributed by atoms with van der Waals surface area (Å²) in [7, 11) is 4.84. The summed E-state index contributed by atoms with van der Waals surface area (Å²) in [5.41, 5.74) is 4.56. The molecule has 7 nitrogen and oxygen atoms in total. The van der Waals surface area contributed by atoms with Crippen molar-refractivity contribution in [3.8, 4) is 34.3 Å². The van der Waals surface area contributed by atoms with Crippen molar-refractivity contribution in [1.82, 2.24) is 4.57 Å². The van der Waals surface area contributed by atoms with Gasteiger partial charge in [0.05, 0.1) is 31.5 Å². The Morgan fingerprint density at radius 1 is 0.919 bits per heavy atom. The van der Waals surface area contributed by atoms with Crippen LogP contribution in [0.2, 0.25) is 0 Å². The molecule has 0 spiro atoms. The number of nitrogens with zero attached hydrogens (tertiary/aromatic N) is 1. The van der Waals surface area contributed by atoms with Crippen LogP contribution in [-0.2, 0) is 19.6 Å². The smallest absolute Gasteiger partial charge is 0.361 e. The molecule has 37 heavy (non-hydrogen) atoms. The Bertz CT molecular complexity index is 1720. The molecule has 0 bridgehead atoms. The van der Waals surface area contributed by atoms with Crippen LogP contribution in [0, 0.1) is 0 Å². The van der Waals surface area contributed by atoms with Crippen LogP contribution in [0.4, 0.5) is 0 Å². The molecule has 1 aliphatic heterocycles. The van der Waals surface area contributed by atoms with E-state index in [9.17, 15) is 4.79 Å². The largest absolute Gasteiger partial charge is 0.493 e. The Labute approximate surface area is 221 Å². The second-order valence-corrected chi connectivity index (χ2v) is 9.61. The number of fused-ring (bicyclic) bond motifs is 7. The van der Waals surface area contributed by atoms with E-state index in [4.69, 9.17) is 23.4 Å². The maximum absolute atomic E-state index is 13.3. The summed E-state index contributed by atoms with van der Waals surface area (Å²) in [4.78, 5) is 13.3. The highest BCUT2D eigenvalue weighted by molar-refractivity contribution is 9.10. The summed E-state index contributed by atoms with van der Waals surface area (Å²) in [5.74, 6) is 2.37. The summed E-state index contributed by atoms with van der Waals surface area (Å²) in [5, 5.41) is 1.53. The van der Waals surface area contributed by atoms with Crippen LogP contribution in [0.3, 0.4) is 0 Å². The van der Waals surface area contributed by atoms with E-state index in [0.717, 1.165) is 44.1 Å². The minimum absolute atomic E-state index is 0.363. The average molecular weight is 562 g/mol. The van der Waals surface area contributed by atoms with Crippen LogP contribution in [0.15, 0.2) is 68.3 Å². The fourth-order valence-electron chi connectivity index (χ4n) is 5.09. The van der Waals surface area contributed by atoms with Gasteiger partial charge in [-0.2, -0.15) is 0 Å². The number of methoxy groups -OCH3 is 3. The summed E-state index contributed by atoms with van der Waals surface area (Å²) in [6.07, 6.45) is 0.742. The van der Waals surface area contributed by atoms with Crippen LogP contribution in [0.25, 0.3) is 33.1 Å². The fraction of sp³-hybridized carbons (Fsp3) is 0.207. The first-order valence-corrected chi connectivity index (χ1v) is 12.6. The third-order valence-corrected chi connectivity index (χ3v) is 7.61. The number of benzene rings is 3. The van der Waals surface area contributed by atoms with Crippen molar-refractivity contribution in [2.24, 2.45) is 0 Å². The van der Waals surface area contributed by atoms with Crippen LogP contribution in [-0.4, -0.2) is 25.9 Å². The molecule has 2 aromatic heterocycles. The fourth-order valence-corrected chi connectivity index (χ4v) is 5.92. The summed E-state index contributed by atoms with van der Waals surface area (Å²) in [6, 6.07) is 17.4. The van der Waals surface area contributed by atoms with Gasteiger partial charge in [-0.1, -0.05) is 30.3 Å². The van der Waals surface area contributed by atoms with Crippen molar-refractivity contribution in [1.29, 1.82) is 0 Å². The number of halogens is 1. The lowest BCUT2D eigenvalue weighted by molar-refractivity contribution is 0.284. The molecular formula is C29H24BrNO6. The van der Waals surface area contributed by atoms with Crippen molar-refractivity contribution < 1.29 is 23.4 Å². The van der Waals surface area contributed by atoms with Crippen LogP contribution in [0.1, 0.15) is 11.1 Å². The summed E-state index contributed by atoms with van der Waals surface area (Å²) in [6.45, 7) is 0.993. The Hall–Kier alpha value is -3.91. The van der Waals surface area contributed by atoms with Gasteiger partial charge in [-0.05, 0) is 51.7 Å². The zero-order chi connectivity index (χ0) is 25.7. The Morgan fingerprint density at radius 2 is 1.62 bits per heavy atom. The Balaban J connectivity index is 1.55. The molecule has 0 aliphatic carbocycles. The second-order valence-electron chi connectivity index (χ2n) is 8.82. The zero-order valence-electron chi connectivity index (χ0n) is 20.6. The van der Waals surface area contributed by atoms with Crippen LogP contribution >= 0.6 is 15.9 Å². The van der Waals surface area contributed by atoms with Crippen molar-refractivity contribution in [3.05, 3.63) is 80.6 Å². The highest BCUT2D eigenvalue weighted by atomic mass is 79.9. The van der Waals surface area contributed by atoms with Gasteiger partial charge in [-0.3, -0.25) is 0 Å². The lowest BCUT2D eigenvalue weighted by Gasteiger charge is -2.22. The molecule has 0 atom stereocenters. The average Bonchev–Trinajstić information content (AvgIpc) is 3.24. The van der Waals surface area contributed by atoms with E-state index in [1.54, 1.807) is 27.4 Å². The van der Waals surface area contributed by atoms with Gasteiger partial charge in [0.2, 0.25) is 0 Å². The number of aromatic nitrogens is 1. The highest BCUT2D eigenvalue weighted by Gasteiger charge is 2.29. The lowest BCUT2D eigenvalue weighted by Crippen LogP contribution is -2.14. The van der Waals surface area contributed by atoms with E-state index < -0.39 is 5.63 Å². The van der Waals surface area contributed by atoms with Gasteiger partial charge in [0.1, 0.15) is 17.7 Å². The third kappa shape index (κ3) is 3.74. The topological polar surface area (TPSA) is 72.1 Å². The van der Waals surface area contributed by atoms with Crippen molar-refractivity contribution >= 4 is 37.8 Å². The van der Waals surface area contributed by atoms with Gasteiger partial charge >= 0.3 is 5.63 Å². The molecule has 188 valence electrons. The van der Waals surface area contributed by atoms with Gasteiger partial charge < -0.3 is 27.9 Å². The zero-order valence-corrected chi connectivity index (χ0v) is 22.2. The monoisotopic (exact) mass is 561 g/mol. The van der Waals surface area contributed by atoms with Crippen LogP contribution in [0.5, 0.6) is 23.0 Å². The lowest BCUT2D eigenvalue weighted by atomic mass is 9.97. The molecule has 0 unspecified atom stereocenters. The molecule has 0 saturated carbocycles. The molecule has 5 aromatic rings. The molecule has 8 heteroatoms. The first-order valence-electron chi connectivity index (χ1n) is 11.8. The van der Waals surface area contributed by atoms with E-state index in [-0.39, 0.29) is 0 Å². The van der Waals surface area contributed by atoms with Gasteiger partial charge in [-0.15, -0.1) is 0 Å². The van der Waals surface area contributed by atoms with Gasteiger partial charge in [-0.25, -0.2) is 4.79 Å². The minimum atomic E-state index is -0.405. The summed E-state index contributed by atoms with van der Waals surface area (Å²) >= 11 is 3.83.